The largest absolute Gasteiger partial charge is 0.421 e. The summed E-state index contributed by atoms with van der Waals surface area (Å²) in [6.07, 6.45) is 0.215. The van der Waals surface area contributed by atoms with Gasteiger partial charge in [0.2, 0.25) is 21.8 Å². The van der Waals surface area contributed by atoms with E-state index in [0.29, 0.717) is 10.6 Å². The van der Waals surface area contributed by atoms with Gasteiger partial charge < -0.3 is 4.42 Å². The van der Waals surface area contributed by atoms with Gasteiger partial charge in [-0.2, -0.15) is 0 Å². The van der Waals surface area contributed by atoms with Crippen LogP contribution in [0.3, 0.4) is 0 Å². The number of halogens is 2. The molecule has 0 radical (unpaired) electrons. The molecule has 9 heteroatoms. The zero-order valence-corrected chi connectivity index (χ0v) is 15.3. The van der Waals surface area contributed by atoms with Gasteiger partial charge in [-0.1, -0.05) is 17.7 Å². The van der Waals surface area contributed by atoms with Crippen LogP contribution < -0.4 is 4.72 Å². The number of aryl methyl sites for hydroxylation is 1. The van der Waals surface area contributed by atoms with Crippen molar-refractivity contribution in [1.29, 1.82) is 0 Å². The lowest BCUT2D eigenvalue weighted by Gasteiger charge is -2.07. The number of rotatable bonds is 6. The highest BCUT2D eigenvalue weighted by molar-refractivity contribution is 7.89. The molecule has 0 aliphatic carbocycles. The van der Waals surface area contributed by atoms with E-state index >= 15 is 0 Å². The Hall–Kier alpha value is -2.29. The number of benzene rings is 2. The van der Waals surface area contributed by atoms with Crippen molar-refractivity contribution in [2.45, 2.75) is 18.2 Å². The lowest BCUT2D eigenvalue weighted by atomic mass is 10.2. The third-order valence-corrected chi connectivity index (χ3v) is 5.51. The third kappa shape index (κ3) is 4.27. The van der Waals surface area contributed by atoms with Crippen molar-refractivity contribution in [3.8, 4) is 11.5 Å². The summed E-state index contributed by atoms with van der Waals surface area (Å²) in [4.78, 5) is 0.0885. The first-order chi connectivity index (χ1) is 12.3. The molecule has 0 atom stereocenters. The SMILES string of the molecule is Cc1ccc(S(=O)(=O)NCCc2nnc(-c3ccc(F)cc3)o2)cc1Cl. The monoisotopic (exact) mass is 395 g/mol. The standard InChI is InChI=1S/C17H15ClFN3O3S/c1-11-2-7-14(10-15(11)18)26(23,24)20-9-8-16-21-22-17(25-16)12-3-5-13(19)6-4-12/h2-7,10,20H,8-9H2,1H3. The molecule has 1 aromatic heterocycles. The van der Waals surface area contributed by atoms with Crippen LogP contribution in [0.1, 0.15) is 11.5 Å². The molecule has 0 saturated carbocycles. The predicted octanol–water partition coefficient (Wildman–Crippen LogP) is 3.36. The molecule has 1 N–H and O–H groups in total. The molecule has 0 fully saturated rings. The summed E-state index contributed by atoms with van der Waals surface area (Å²) in [5, 5.41) is 8.13. The van der Waals surface area contributed by atoms with Crippen LogP contribution in [0.25, 0.3) is 11.5 Å². The summed E-state index contributed by atoms with van der Waals surface area (Å²) in [7, 11) is -3.69. The summed E-state index contributed by atoms with van der Waals surface area (Å²) < 4.78 is 45.4. The normalized spacial score (nSPS) is 11.7. The Morgan fingerprint density at radius 3 is 2.58 bits per heavy atom. The topological polar surface area (TPSA) is 85.1 Å². The van der Waals surface area contributed by atoms with Crippen molar-refractivity contribution in [3.05, 3.63) is 64.8 Å². The minimum absolute atomic E-state index is 0.0822. The Bertz CT molecular complexity index is 1020. The van der Waals surface area contributed by atoms with Gasteiger partial charge in [0.1, 0.15) is 5.82 Å². The molecule has 136 valence electrons. The van der Waals surface area contributed by atoms with E-state index in [1.807, 2.05) is 0 Å². The fourth-order valence-corrected chi connectivity index (χ4v) is 3.48. The molecule has 3 aromatic rings. The summed E-state index contributed by atoms with van der Waals surface area (Å²) in [5.74, 6) is 0.154. The van der Waals surface area contributed by atoms with Crippen molar-refractivity contribution in [2.75, 3.05) is 6.54 Å². The highest BCUT2D eigenvalue weighted by Crippen LogP contribution is 2.20. The molecule has 6 nitrogen and oxygen atoms in total. The lowest BCUT2D eigenvalue weighted by molar-refractivity contribution is 0.502. The van der Waals surface area contributed by atoms with Crippen LogP contribution in [0.15, 0.2) is 51.8 Å². The first-order valence-electron chi connectivity index (χ1n) is 7.69. The van der Waals surface area contributed by atoms with Gasteiger partial charge in [-0.3, -0.25) is 0 Å². The van der Waals surface area contributed by atoms with E-state index in [1.165, 1.54) is 36.4 Å². The van der Waals surface area contributed by atoms with Crippen LogP contribution in [0, 0.1) is 12.7 Å². The van der Waals surface area contributed by atoms with Crippen LogP contribution >= 0.6 is 11.6 Å². The second-order valence-corrected chi connectivity index (χ2v) is 7.74. The zero-order chi connectivity index (χ0) is 18.7. The lowest BCUT2D eigenvalue weighted by Crippen LogP contribution is -2.26. The maximum absolute atomic E-state index is 12.9. The molecule has 3 rings (SSSR count). The molecule has 0 bridgehead atoms. The second-order valence-electron chi connectivity index (χ2n) is 5.57. The highest BCUT2D eigenvalue weighted by Gasteiger charge is 2.16. The Morgan fingerprint density at radius 2 is 1.88 bits per heavy atom. The molecule has 1 heterocycles. The molecule has 0 saturated heterocycles. The zero-order valence-electron chi connectivity index (χ0n) is 13.7. The minimum Gasteiger partial charge on any atom is -0.421 e. The fraction of sp³-hybridized carbons (Fsp3) is 0.176. The van der Waals surface area contributed by atoms with Crippen molar-refractivity contribution >= 4 is 21.6 Å². The summed E-state index contributed by atoms with van der Waals surface area (Å²) in [5.41, 5.74) is 1.38. The third-order valence-electron chi connectivity index (χ3n) is 3.64. The minimum atomic E-state index is -3.69. The molecule has 26 heavy (non-hydrogen) atoms. The maximum Gasteiger partial charge on any atom is 0.247 e. The Kier molecular flexibility index (Phi) is 5.36. The Labute approximate surface area is 155 Å². The quantitative estimate of drug-likeness (QED) is 0.691. The predicted molar refractivity (Wildman–Crippen MR) is 94.8 cm³/mol. The van der Waals surface area contributed by atoms with E-state index in [-0.39, 0.29) is 35.5 Å². The van der Waals surface area contributed by atoms with E-state index in [0.717, 1.165) is 5.56 Å². The average Bonchev–Trinajstić information content (AvgIpc) is 3.06. The average molecular weight is 396 g/mol. The van der Waals surface area contributed by atoms with Crippen LogP contribution in [0.4, 0.5) is 4.39 Å². The first kappa shape index (κ1) is 18.5. The molecule has 0 unspecified atom stereocenters. The summed E-state index contributed by atoms with van der Waals surface area (Å²) in [6.45, 7) is 1.87. The molecule has 0 spiro atoms. The Morgan fingerprint density at radius 1 is 1.15 bits per heavy atom. The van der Waals surface area contributed by atoms with Gasteiger partial charge >= 0.3 is 0 Å². The van der Waals surface area contributed by atoms with Gasteiger partial charge in [-0.25, -0.2) is 17.5 Å². The number of sulfonamides is 1. The number of nitrogens with one attached hydrogen (secondary N) is 1. The number of hydrogen-bond acceptors (Lipinski definition) is 5. The molecule has 0 amide bonds. The number of hydrogen-bond donors (Lipinski definition) is 1. The maximum atomic E-state index is 12.9. The number of nitrogens with zero attached hydrogens (tertiary/aromatic N) is 2. The van der Waals surface area contributed by atoms with Gasteiger partial charge in [0.05, 0.1) is 4.90 Å². The Balaban J connectivity index is 1.62. The van der Waals surface area contributed by atoms with Crippen LogP contribution in [-0.2, 0) is 16.4 Å². The van der Waals surface area contributed by atoms with E-state index in [4.69, 9.17) is 16.0 Å². The van der Waals surface area contributed by atoms with E-state index in [2.05, 4.69) is 14.9 Å². The van der Waals surface area contributed by atoms with Crippen molar-refractivity contribution in [2.24, 2.45) is 0 Å². The summed E-state index contributed by atoms with van der Waals surface area (Å²) >= 11 is 5.97. The van der Waals surface area contributed by atoms with Crippen molar-refractivity contribution in [3.63, 3.8) is 0 Å². The first-order valence-corrected chi connectivity index (χ1v) is 9.55. The van der Waals surface area contributed by atoms with Crippen molar-refractivity contribution < 1.29 is 17.2 Å². The number of aromatic nitrogens is 2. The van der Waals surface area contributed by atoms with Crippen molar-refractivity contribution in [1.82, 2.24) is 14.9 Å². The molecular formula is C17H15ClFN3O3S. The van der Waals surface area contributed by atoms with E-state index < -0.39 is 10.0 Å². The van der Waals surface area contributed by atoms with E-state index in [9.17, 15) is 12.8 Å². The van der Waals surface area contributed by atoms with Crippen LogP contribution in [0.5, 0.6) is 0 Å². The van der Waals surface area contributed by atoms with Gasteiger partial charge in [0, 0.05) is 23.6 Å². The summed E-state index contributed by atoms with van der Waals surface area (Å²) in [6, 6.07) is 10.2. The molecular weight excluding hydrogens is 381 g/mol. The van der Waals surface area contributed by atoms with E-state index in [1.54, 1.807) is 13.0 Å². The molecule has 0 aliphatic heterocycles. The highest BCUT2D eigenvalue weighted by atomic mass is 35.5. The second kappa shape index (κ2) is 7.53. The van der Waals surface area contributed by atoms with Gasteiger partial charge in [-0.15, -0.1) is 10.2 Å². The molecule has 0 aliphatic rings. The van der Waals surface area contributed by atoms with Crippen LogP contribution in [0.2, 0.25) is 5.02 Å². The van der Waals surface area contributed by atoms with Gasteiger partial charge in [0.15, 0.2) is 0 Å². The van der Waals surface area contributed by atoms with Gasteiger partial charge in [-0.05, 0) is 48.9 Å². The van der Waals surface area contributed by atoms with Gasteiger partial charge in [0.25, 0.3) is 0 Å². The molecule has 2 aromatic carbocycles. The smallest absolute Gasteiger partial charge is 0.247 e. The fourth-order valence-electron chi connectivity index (χ4n) is 2.18. The van der Waals surface area contributed by atoms with Crippen LogP contribution in [-0.4, -0.2) is 25.2 Å².